The van der Waals surface area contributed by atoms with Crippen LogP contribution in [0.2, 0.25) is 0 Å². The molecule has 2 heterocycles. The highest BCUT2D eigenvalue weighted by Crippen LogP contribution is 2.23. The minimum atomic E-state index is -0.396. The predicted octanol–water partition coefficient (Wildman–Crippen LogP) is 1.39. The average molecular weight is 258 g/mol. The van der Waals surface area contributed by atoms with Gasteiger partial charge in [0.15, 0.2) is 0 Å². The third-order valence-corrected chi connectivity index (χ3v) is 2.83. The zero-order valence-electron chi connectivity index (χ0n) is 10.2. The zero-order valence-corrected chi connectivity index (χ0v) is 10.2. The molecule has 6 nitrogen and oxygen atoms in total. The van der Waals surface area contributed by atoms with Crippen molar-refractivity contribution in [3.8, 4) is 16.9 Å². The Balaban J connectivity index is 2.04. The van der Waals surface area contributed by atoms with Crippen LogP contribution in [0.15, 0.2) is 36.9 Å². The molecule has 0 unspecified atom stereocenters. The lowest BCUT2D eigenvalue weighted by Crippen LogP contribution is -1.98. The maximum atomic E-state index is 14.1. The number of nitrogen functional groups attached to an aromatic ring is 1. The number of nitrogens with zero attached hydrogens (tertiary/aromatic N) is 5. The normalized spacial score (nSPS) is 10.8. The highest BCUT2D eigenvalue weighted by atomic mass is 19.1. The van der Waals surface area contributed by atoms with Crippen LogP contribution in [0.5, 0.6) is 0 Å². The van der Waals surface area contributed by atoms with Gasteiger partial charge in [-0.25, -0.2) is 14.1 Å². The van der Waals surface area contributed by atoms with Gasteiger partial charge >= 0.3 is 0 Å². The molecule has 2 aromatic heterocycles. The number of anilines is 1. The number of rotatable bonds is 2. The molecule has 0 radical (unpaired) electrons. The van der Waals surface area contributed by atoms with E-state index in [-0.39, 0.29) is 0 Å². The molecule has 96 valence electrons. The van der Waals surface area contributed by atoms with E-state index in [1.165, 1.54) is 23.4 Å². The quantitative estimate of drug-likeness (QED) is 0.753. The van der Waals surface area contributed by atoms with Crippen LogP contribution in [0.1, 0.15) is 0 Å². The number of hydrogen-bond acceptors (Lipinski definition) is 4. The lowest BCUT2D eigenvalue weighted by Gasteiger charge is -2.04. The van der Waals surface area contributed by atoms with Crippen LogP contribution in [-0.2, 0) is 7.05 Å². The Morgan fingerprint density at radius 2 is 2.11 bits per heavy atom. The van der Waals surface area contributed by atoms with Gasteiger partial charge in [-0.2, -0.15) is 10.2 Å². The van der Waals surface area contributed by atoms with Crippen molar-refractivity contribution in [1.29, 1.82) is 0 Å². The maximum absolute atomic E-state index is 14.1. The van der Waals surface area contributed by atoms with E-state index in [9.17, 15) is 4.39 Å². The number of aromatic nitrogens is 5. The predicted molar refractivity (Wildman–Crippen MR) is 67.9 cm³/mol. The highest BCUT2D eigenvalue weighted by molar-refractivity contribution is 5.63. The summed E-state index contributed by atoms with van der Waals surface area (Å²) in [6.07, 6.45) is 2.80. The van der Waals surface area contributed by atoms with Gasteiger partial charge in [-0.15, -0.1) is 0 Å². The number of nitrogens with two attached hydrogens (primary N) is 1. The third kappa shape index (κ3) is 1.95. The molecular formula is C12H11FN6. The summed E-state index contributed by atoms with van der Waals surface area (Å²) < 4.78 is 17.0. The molecule has 0 spiro atoms. The summed E-state index contributed by atoms with van der Waals surface area (Å²) in [5.41, 5.74) is 7.34. The van der Waals surface area contributed by atoms with Crippen LogP contribution in [0.4, 0.5) is 10.2 Å². The van der Waals surface area contributed by atoms with Crippen molar-refractivity contribution in [2.75, 3.05) is 5.73 Å². The van der Waals surface area contributed by atoms with E-state index in [1.54, 1.807) is 29.9 Å². The molecule has 0 aliphatic carbocycles. The lowest BCUT2D eigenvalue weighted by atomic mass is 10.1. The Morgan fingerprint density at radius 1 is 1.26 bits per heavy atom. The molecule has 2 N–H and O–H groups in total. The van der Waals surface area contributed by atoms with Crippen molar-refractivity contribution in [2.45, 2.75) is 0 Å². The first-order chi connectivity index (χ1) is 9.15. The van der Waals surface area contributed by atoms with Gasteiger partial charge in [-0.05, 0) is 12.1 Å². The molecule has 0 amide bonds. The van der Waals surface area contributed by atoms with E-state index < -0.39 is 5.82 Å². The molecule has 0 aliphatic heterocycles. The molecule has 0 aliphatic rings. The van der Waals surface area contributed by atoms with Crippen molar-refractivity contribution in [2.24, 2.45) is 7.05 Å². The molecule has 3 rings (SSSR count). The summed E-state index contributed by atoms with van der Waals surface area (Å²) >= 11 is 0. The molecule has 0 saturated carbocycles. The highest BCUT2D eigenvalue weighted by Gasteiger charge is 2.10. The van der Waals surface area contributed by atoms with Gasteiger partial charge in [0.25, 0.3) is 0 Å². The summed E-state index contributed by atoms with van der Waals surface area (Å²) in [5, 5.41) is 8.10. The third-order valence-electron chi connectivity index (χ3n) is 2.83. The van der Waals surface area contributed by atoms with E-state index in [0.29, 0.717) is 22.8 Å². The second kappa shape index (κ2) is 4.20. The molecule has 7 heteroatoms. The topological polar surface area (TPSA) is 74.5 Å². The van der Waals surface area contributed by atoms with Gasteiger partial charge in [-0.3, -0.25) is 4.68 Å². The minimum Gasteiger partial charge on any atom is -0.384 e. The monoisotopic (exact) mass is 258 g/mol. The first-order valence-corrected chi connectivity index (χ1v) is 5.59. The molecule has 0 fully saturated rings. The second-order valence-corrected chi connectivity index (χ2v) is 4.08. The van der Waals surface area contributed by atoms with Crippen molar-refractivity contribution in [3.63, 3.8) is 0 Å². The summed E-state index contributed by atoms with van der Waals surface area (Å²) in [7, 11) is 1.74. The van der Waals surface area contributed by atoms with Crippen molar-refractivity contribution < 1.29 is 4.39 Å². The van der Waals surface area contributed by atoms with Crippen LogP contribution in [-0.4, -0.2) is 24.5 Å². The summed E-state index contributed by atoms with van der Waals surface area (Å²) in [4.78, 5) is 3.79. The van der Waals surface area contributed by atoms with E-state index in [4.69, 9.17) is 5.73 Å². The van der Waals surface area contributed by atoms with Gasteiger partial charge in [0.1, 0.15) is 30.0 Å². The van der Waals surface area contributed by atoms with E-state index in [0.717, 1.165) is 0 Å². The first kappa shape index (κ1) is 11.4. The summed E-state index contributed by atoms with van der Waals surface area (Å²) in [6.45, 7) is 0. The Morgan fingerprint density at radius 3 is 2.68 bits per heavy atom. The van der Waals surface area contributed by atoms with Gasteiger partial charge in [0.2, 0.25) is 0 Å². The average Bonchev–Trinajstić information content (AvgIpc) is 3.00. The van der Waals surface area contributed by atoms with Gasteiger partial charge in [0, 0.05) is 18.7 Å². The van der Waals surface area contributed by atoms with Crippen LogP contribution in [0, 0.1) is 5.82 Å². The Labute approximate surface area is 108 Å². The van der Waals surface area contributed by atoms with Crippen LogP contribution in [0.25, 0.3) is 16.9 Å². The van der Waals surface area contributed by atoms with Crippen molar-refractivity contribution >= 4 is 5.82 Å². The Hall–Kier alpha value is -2.70. The van der Waals surface area contributed by atoms with E-state index in [1.807, 2.05) is 0 Å². The fraction of sp³-hybridized carbons (Fsp3) is 0.0833. The fourth-order valence-corrected chi connectivity index (χ4v) is 1.81. The van der Waals surface area contributed by atoms with Gasteiger partial charge in [0.05, 0.1) is 5.69 Å². The Kier molecular flexibility index (Phi) is 2.52. The largest absolute Gasteiger partial charge is 0.384 e. The summed E-state index contributed by atoms with van der Waals surface area (Å²) in [6, 6.07) is 6.49. The summed E-state index contributed by atoms with van der Waals surface area (Å²) in [5.74, 6) is 0.128. The molecule has 1 aromatic carbocycles. The van der Waals surface area contributed by atoms with Crippen molar-refractivity contribution in [1.82, 2.24) is 24.5 Å². The fourth-order valence-electron chi connectivity index (χ4n) is 1.81. The molecular weight excluding hydrogens is 247 g/mol. The SMILES string of the molecule is Cn1nc(-c2ccc(-n3cncn3)c(F)c2)cc1N. The van der Waals surface area contributed by atoms with Crippen LogP contribution < -0.4 is 5.73 Å². The number of halogens is 1. The molecule has 0 bridgehead atoms. The van der Waals surface area contributed by atoms with E-state index >= 15 is 0 Å². The maximum Gasteiger partial charge on any atom is 0.149 e. The van der Waals surface area contributed by atoms with Gasteiger partial charge in [-0.1, -0.05) is 6.07 Å². The van der Waals surface area contributed by atoms with Crippen LogP contribution in [0.3, 0.4) is 0 Å². The lowest BCUT2D eigenvalue weighted by molar-refractivity contribution is 0.611. The standard InChI is InChI=1S/C12H11FN6/c1-18-12(14)5-10(17-18)8-2-3-11(9(13)4-8)19-7-15-6-16-19/h2-7H,14H2,1H3. The van der Waals surface area contributed by atoms with Gasteiger partial charge < -0.3 is 5.73 Å². The molecule has 0 saturated heterocycles. The number of benzene rings is 1. The molecule has 3 aromatic rings. The first-order valence-electron chi connectivity index (χ1n) is 5.59. The minimum absolute atomic E-state index is 0.338. The number of aryl methyl sites for hydroxylation is 1. The van der Waals surface area contributed by atoms with E-state index in [2.05, 4.69) is 15.2 Å². The number of hydrogen-bond donors (Lipinski definition) is 1. The molecule has 0 atom stereocenters. The van der Waals surface area contributed by atoms with Crippen molar-refractivity contribution in [3.05, 3.63) is 42.7 Å². The molecule has 19 heavy (non-hydrogen) atoms. The second-order valence-electron chi connectivity index (χ2n) is 4.08. The zero-order chi connectivity index (χ0) is 13.4. The van der Waals surface area contributed by atoms with Crippen LogP contribution >= 0.6 is 0 Å². The smallest absolute Gasteiger partial charge is 0.149 e. The Bertz CT molecular complexity index is 696.